The minimum atomic E-state index is -0.908. The summed E-state index contributed by atoms with van der Waals surface area (Å²) in [6, 6.07) is 9.00. The van der Waals surface area contributed by atoms with E-state index in [4.69, 9.17) is 10.4 Å². The highest BCUT2D eigenvalue weighted by Gasteiger charge is 2.34. The molecule has 0 aromatic heterocycles. The molecule has 0 aliphatic heterocycles. The monoisotopic (exact) mass is 260 g/mol. The van der Waals surface area contributed by atoms with Crippen LogP contribution in [0.2, 0.25) is 0 Å². The topological polar surface area (TPSA) is 73.1 Å². The molecule has 1 rings (SSSR count). The average Bonchev–Trinajstić information content (AvgIpc) is 2.44. The van der Waals surface area contributed by atoms with Crippen LogP contribution in [0.15, 0.2) is 24.3 Å². The highest BCUT2D eigenvalue weighted by molar-refractivity contribution is 5.85. The predicted molar refractivity (Wildman–Crippen MR) is 73.4 cm³/mol. The van der Waals surface area contributed by atoms with Crippen molar-refractivity contribution in [1.29, 1.82) is 5.26 Å². The van der Waals surface area contributed by atoms with E-state index in [0.717, 1.165) is 5.56 Å². The van der Waals surface area contributed by atoms with Crippen LogP contribution in [0.25, 0.3) is 0 Å². The first kappa shape index (κ1) is 15.0. The van der Waals surface area contributed by atoms with Crippen molar-refractivity contribution in [2.75, 3.05) is 6.54 Å². The van der Waals surface area contributed by atoms with Crippen LogP contribution >= 0.6 is 0 Å². The number of nitrogens with zero attached hydrogens (tertiary/aromatic N) is 1. The number of carbonyl (C=O) groups excluding carboxylic acids is 1. The lowest BCUT2D eigenvalue weighted by Crippen LogP contribution is -2.40. The number of carbonyl (C=O) groups is 1. The maximum Gasteiger partial charge on any atom is 0.240 e. The van der Waals surface area contributed by atoms with E-state index in [-0.39, 0.29) is 11.7 Å². The quantitative estimate of drug-likeness (QED) is 0.824. The first-order valence-electron chi connectivity index (χ1n) is 6.55. The standard InChI is InChI=1S/C15H20N2O2/c1-3-15(4-2,11-16)14(19)17-10-9-12-5-7-13(18)8-6-12/h5-8,18H,3-4,9-10H2,1-2H3,(H,17,19). The average molecular weight is 260 g/mol. The van der Waals surface area contributed by atoms with Crippen molar-refractivity contribution in [1.82, 2.24) is 5.32 Å². The molecule has 0 aliphatic rings. The van der Waals surface area contributed by atoms with Gasteiger partial charge in [0.25, 0.3) is 0 Å². The van der Waals surface area contributed by atoms with Crippen molar-refractivity contribution in [2.45, 2.75) is 33.1 Å². The van der Waals surface area contributed by atoms with E-state index in [2.05, 4.69) is 11.4 Å². The van der Waals surface area contributed by atoms with Crippen LogP contribution in [-0.4, -0.2) is 17.6 Å². The van der Waals surface area contributed by atoms with Crippen LogP contribution in [0.1, 0.15) is 32.3 Å². The number of phenols is 1. The van der Waals surface area contributed by atoms with Gasteiger partial charge < -0.3 is 10.4 Å². The largest absolute Gasteiger partial charge is 0.508 e. The first-order valence-corrected chi connectivity index (χ1v) is 6.55. The van der Waals surface area contributed by atoms with Crippen LogP contribution in [0.5, 0.6) is 5.75 Å². The minimum Gasteiger partial charge on any atom is -0.508 e. The summed E-state index contributed by atoms with van der Waals surface area (Å²) in [5.41, 5.74) is 0.128. The molecule has 0 unspecified atom stereocenters. The fraction of sp³-hybridized carbons (Fsp3) is 0.467. The van der Waals surface area contributed by atoms with Crippen molar-refractivity contribution in [3.8, 4) is 11.8 Å². The molecule has 1 aromatic rings. The molecule has 0 radical (unpaired) electrons. The van der Waals surface area contributed by atoms with E-state index in [1.165, 1.54) is 0 Å². The fourth-order valence-electron chi connectivity index (χ4n) is 1.93. The lowest BCUT2D eigenvalue weighted by Gasteiger charge is -2.22. The first-order chi connectivity index (χ1) is 9.07. The molecule has 0 saturated heterocycles. The number of amides is 1. The summed E-state index contributed by atoms with van der Waals surface area (Å²) in [7, 11) is 0. The van der Waals surface area contributed by atoms with Gasteiger partial charge in [0.05, 0.1) is 6.07 Å². The Labute approximate surface area is 114 Å². The Kier molecular flexibility index (Phi) is 5.37. The van der Waals surface area contributed by atoms with Crippen molar-refractivity contribution < 1.29 is 9.90 Å². The molecule has 1 amide bonds. The summed E-state index contributed by atoms with van der Waals surface area (Å²) in [5.74, 6) is 0.0343. The Hall–Kier alpha value is -2.02. The Morgan fingerprint density at radius 1 is 1.32 bits per heavy atom. The van der Waals surface area contributed by atoms with Crippen LogP contribution in [0.4, 0.5) is 0 Å². The van der Waals surface area contributed by atoms with Gasteiger partial charge in [0.15, 0.2) is 0 Å². The zero-order valence-electron chi connectivity index (χ0n) is 11.4. The molecule has 0 heterocycles. The Morgan fingerprint density at radius 3 is 2.37 bits per heavy atom. The van der Waals surface area contributed by atoms with Crippen LogP contribution < -0.4 is 5.32 Å². The molecular weight excluding hydrogens is 240 g/mol. The summed E-state index contributed by atoms with van der Waals surface area (Å²) < 4.78 is 0. The maximum atomic E-state index is 12.0. The fourth-order valence-corrected chi connectivity index (χ4v) is 1.93. The second-order valence-electron chi connectivity index (χ2n) is 4.57. The van der Waals surface area contributed by atoms with Gasteiger partial charge in [-0.2, -0.15) is 5.26 Å². The van der Waals surface area contributed by atoms with E-state index in [1.807, 2.05) is 26.0 Å². The van der Waals surface area contributed by atoms with Crippen LogP contribution in [0, 0.1) is 16.7 Å². The molecule has 0 aliphatic carbocycles. The molecule has 0 atom stereocenters. The van der Waals surface area contributed by atoms with Crippen LogP contribution in [-0.2, 0) is 11.2 Å². The van der Waals surface area contributed by atoms with Crippen molar-refractivity contribution in [3.05, 3.63) is 29.8 Å². The second-order valence-corrected chi connectivity index (χ2v) is 4.57. The number of hydrogen-bond acceptors (Lipinski definition) is 3. The zero-order valence-corrected chi connectivity index (χ0v) is 11.4. The highest BCUT2D eigenvalue weighted by Crippen LogP contribution is 2.25. The molecule has 4 heteroatoms. The van der Waals surface area contributed by atoms with E-state index in [1.54, 1.807) is 12.1 Å². The van der Waals surface area contributed by atoms with Crippen molar-refractivity contribution in [3.63, 3.8) is 0 Å². The summed E-state index contributed by atoms with van der Waals surface area (Å²) in [5, 5.41) is 21.1. The SMILES string of the molecule is CCC(C#N)(CC)C(=O)NCCc1ccc(O)cc1. The lowest BCUT2D eigenvalue weighted by atomic mass is 9.83. The maximum absolute atomic E-state index is 12.0. The molecule has 19 heavy (non-hydrogen) atoms. The number of benzene rings is 1. The molecule has 102 valence electrons. The summed E-state index contributed by atoms with van der Waals surface area (Å²) >= 11 is 0. The van der Waals surface area contributed by atoms with E-state index >= 15 is 0 Å². The number of nitrogens with one attached hydrogen (secondary N) is 1. The highest BCUT2D eigenvalue weighted by atomic mass is 16.3. The van der Waals surface area contributed by atoms with Crippen LogP contribution in [0.3, 0.4) is 0 Å². The second kappa shape index (κ2) is 6.79. The number of aromatic hydroxyl groups is 1. The number of hydrogen-bond donors (Lipinski definition) is 2. The van der Waals surface area contributed by atoms with Gasteiger partial charge in [0.2, 0.25) is 5.91 Å². The molecule has 1 aromatic carbocycles. The Balaban J connectivity index is 2.51. The minimum absolute atomic E-state index is 0.196. The third kappa shape index (κ3) is 3.72. The lowest BCUT2D eigenvalue weighted by molar-refractivity contribution is -0.128. The Bertz CT molecular complexity index is 456. The third-order valence-corrected chi connectivity index (χ3v) is 3.49. The van der Waals surface area contributed by atoms with Crippen molar-refractivity contribution >= 4 is 5.91 Å². The van der Waals surface area contributed by atoms with Gasteiger partial charge in [0.1, 0.15) is 11.2 Å². The summed E-state index contributed by atoms with van der Waals surface area (Å²) in [4.78, 5) is 12.0. The summed E-state index contributed by atoms with van der Waals surface area (Å²) in [6.45, 7) is 4.20. The Morgan fingerprint density at radius 2 is 1.89 bits per heavy atom. The van der Waals surface area contributed by atoms with Gasteiger partial charge in [0, 0.05) is 6.54 Å². The van der Waals surface area contributed by atoms with Gasteiger partial charge in [-0.1, -0.05) is 26.0 Å². The molecule has 0 spiro atoms. The van der Waals surface area contributed by atoms with E-state index in [0.29, 0.717) is 25.8 Å². The van der Waals surface area contributed by atoms with Gasteiger partial charge in [-0.3, -0.25) is 4.79 Å². The predicted octanol–water partition coefficient (Wildman–Crippen LogP) is 2.38. The number of rotatable bonds is 6. The van der Waals surface area contributed by atoms with E-state index < -0.39 is 5.41 Å². The van der Waals surface area contributed by atoms with Gasteiger partial charge in [-0.05, 0) is 37.0 Å². The molecular formula is C15H20N2O2. The zero-order chi connectivity index (χ0) is 14.3. The number of nitriles is 1. The smallest absolute Gasteiger partial charge is 0.240 e. The third-order valence-electron chi connectivity index (χ3n) is 3.49. The molecule has 0 bridgehead atoms. The number of phenolic OH excluding ortho intramolecular Hbond substituents is 1. The van der Waals surface area contributed by atoms with E-state index in [9.17, 15) is 4.79 Å². The summed E-state index contributed by atoms with van der Waals surface area (Å²) in [6.07, 6.45) is 1.72. The van der Waals surface area contributed by atoms with Gasteiger partial charge in [-0.15, -0.1) is 0 Å². The molecule has 0 saturated carbocycles. The normalized spacial score (nSPS) is 10.8. The van der Waals surface area contributed by atoms with Gasteiger partial charge >= 0.3 is 0 Å². The molecule has 4 nitrogen and oxygen atoms in total. The molecule has 2 N–H and O–H groups in total. The van der Waals surface area contributed by atoms with Gasteiger partial charge in [-0.25, -0.2) is 0 Å². The molecule has 0 fully saturated rings. The van der Waals surface area contributed by atoms with Crippen molar-refractivity contribution in [2.24, 2.45) is 5.41 Å².